The third-order valence-electron chi connectivity index (χ3n) is 4.21. The van der Waals surface area contributed by atoms with Gasteiger partial charge in [-0.05, 0) is 51.6 Å². The first-order valence-corrected chi connectivity index (χ1v) is 7.93. The molecule has 0 aromatic rings. The zero-order chi connectivity index (χ0) is 11.4. The molecule has 1 aliphatic heterocycles. The lowest BCUT2D eigenvalue weighted by atomic mass is 10.0. The number of rotatable bonds is 4. The lowest BCUT2D eigenvalue weighted by Gasteiger charge is -2.38. The fourth-order valence-electron chi connectivity index (χ4n) is 3.25. The molecule has 2 unspecified atom stereocenters. The molecule has 2 aliphatic rings. The number of nitrogens with one attached hydrogen (secondary N) is 1. The maximum absolute atomic E-state index is 3.42. The maximum atomic E-state index is 3.42. The van der Waals surface area contributed by atoms with Gasteiger partial charge in [-0.25, -0.2) is 0 Å². The molecule has 1 saturated heterocycles. The van der Waals surface area contributed by atoms with Crippen LogP contribution in [0.3, 0.4) is 0 Å². The maximum Gasteiger partial charge on any atom is 0.0214 e. The predicted molar refractivity (Wildman–Crippen MR) is 73.2 cm³/mol. The summed E-state index contributed by atoms with van der Waals surface area (Å²) < 4.78 is 0. The molecular formula is C13H26N2S. The fraction of sp³-hybridized carbons (Fsp3) is 1.00. The smallest absolute Gasteiger partial charge is 0.0214 e. The largest absolute Gasteiger partial charge is 0.317 e. The van der Waals surface area contributed by atoms with Gasteiger partial charge < -0.3 is 5.32 Å². The summed E-state index contributed by atoms with van der Waals surface area (Å²) in [6, 6.07) is 1.66. The molecule has 16 heavy (non-hydrogen) atoms. The Labute approximate surface area is 105 Å². The predicted octanol–water partition coefficient (Wildman–Crippen LogP) is 2.34. The highest BCUT2D eigenvalue weighted by Crippen LogP contribution is 2.34. The number of hydrogen-bond donors (Lipinski definition) is 1. The molecule has 1 heterocycles. The Bertz CT molecular complexity index is 202. The highest BCUT2D eigenvalue weighted by molar-refractivity contribution is 7.99. The second-order valence-electron chi connectivity index (χ2n) is 5.09. The van der Waals surface area contributed by atoms with Crippen LogP contribution in [0.4, 0.5) is 0 Å². The summed E-state index contributed by atoms with van der Waals surface area (Å²) >= 11 is 2.19. The Balaban J connectivity index is 1.83. The van der Waals surface area contributed by atoms with Crippen molar-refractivity contribution in [3.8, 4) is 0 Å². The summed E-state index contributed by atoms with van der Waals surface area (Å²) in [5.41, 5.74) is 0. The summed E-state index contributed by atoms with van der Waals surface area (Å²) in [5, 5.41) is 4.35. The summed E-state index contributed by atoms with van der Waals surface area (Å²) in [4.78, 5) is 2.77. The summed E-state index contributed by atoms with van der Waals surface area (Å²) in [7, 11) is 2.10. The zero-order valence-corrected chi connectivity index (χ0v) is 11.6. The minimum atomic E-state index is 0.773. The van der Waals surface area contributed by atoms with E-state index in [4.69, 9.17) is 0 Å². The van der Waals surface area contributed by atoms with Crippen molar-refractivity contribution in [1.82, 2.24) is 10.2 Å². The van der Waals surface area contributed by atoms with E-state index in [1.807, 2.05) is 0 Å². The number of nitrogens with zero attached hydrogens (tertiary/aromatic N) is 1. The lowest BCUT2D eigenvalue weighted by Crippen LogP contribution is -2.47. The zero-order valence-electron chi connectivity index (χ0n) is 10.7. The molecular weight excluding hydrogens is 216 g/mol. The molecule has 1 saturated carbocycles. The molecule has 0 radical (unpaired) electrons. The minimum absolute atomic E-state index is 0.773. The van der Waals surface area contributed by atoms with Gasteiger partial charge in [0, 0.05) is 17.3 Å². The number of piperidine rings is 1. The van der Waals surface area contributed by atoms with Crippen LogP contribution in [-0.4, -0.2) is 48.1 Å². The molecule has 0 bridgehead atoms. The van der Waals surface area contributed by atoms with E-state index in [2.05, 4.69) is 35.9 Å². The van der Waals surface area contributed by atoms with Crippen molar-refractivity contribution in [3.05, 3.63) is 0 Å². The molecule has 2 nitrogen and oxygen atoms in total. The molecule has 1 N–H and O–H groups in total. The van der Waals surface area contributed by atoms with Crippen LogP contribution in [0, 0.1) is 0 Å². The van der Waals surface area contributed by atoms with Crippen molar-refractivity contribution < 1.29 is 0 Å². The average Bonchev–Trinajstić information content (AvgIpc) is 2.78. The summed E-state index contributed by atoms with van der Waals surface area (Å²) in [6.07, 6.45) is 7.04. The van der Waals surface area contributed by atoms with E-state index in [1.54, 1.807) is 0 Å². The van der Waals surface area contributed by atoms with Gasteiger partial charge in [-0.15, -0.1) is 0 Å². The van der Waals surface area contributed by atoms with Crippen molar-refractivity contribution in [2.75, 3.05) is 25.9 Å². The van der Waals surface area contributed by atoms with Crippen LogP contribution in [-0.2, 0) is 0 Å². The van der Waals surface area contributed by atoms with Crippen LogP contribution >= 0.6 is 11.8 Å². The first-order valence-electron chi connectivity index (χ1n) is 6.88. The normalized spacial score (nSPS) is 33.4. The second kappa shape index (κ2) is 6.27. The molecule has 94 valence electrons. The Kier molecular flexibility index (Phi) is 4.98. The molecule has 0 aromatic carbocycles. The third-order valence-corrected chi connectivity index (χ3v) is 5.52. The van der Waals surface area contributed by atoms with Gasteiger partial charge in [-0.3, -0.25) is 4.90 Å². The molecule has 0 aromatic heterocycles. The molecule has 2 fully saturated rings. The van der Waals surface area contributed by atoms with Crippen LogP contribution in [0.5, 0.6) is 0 Å². The van der Waals surface area contributed by atoms with Gasteiger partial charge in [0.1, 0.15) is 0 Å². The highest BCUT2D eigenvalue weighted by Gasteiger charge is 2.33. The summed E-state index contributed by atoms with van der Waals surface area (Å²) in [5.74, 6) is 1.29. The fourth-order valence-corrected chi connectivity index (χ4v) is 4.54. The van der Waals surface area contributed by atoms with Crippen molar-refractivity contribution in [3.63, 3.8) is 0 Å². The second-order valence-corrected chi connectivity index (χ2v) is 6.61. The van der Waals surface area contributed by atoms with E-state index in [0.29, 0.717) is 0 Å². The quantitative estimate of drug-likeness (QED) is 0.814. The van der Waals surface area contributed by atoms with E-state index in [1.165, 1.54) is 50.9 Å². The lowest BCUT2D eigenvalue weighted by molar-refractivity contribution is 0.150. The van der Waals surface area contributed by atoms with Crippen molar-refractivity contribution in [2.24, 2.45) is 0 Å². The molecule has 0 amide bonds. The van der Waals surface area contributed by atoms with Gasteiger partial charge in [-0.2, -0.15) is 11.8 Å². The van der Waals surface area contributed by atoms with Crippen LogP contribution in [0.1, 0.15) is 39.0 Å². The van der Waals surface area contributed by atoms with Gasteiger partial charge in [0.2, 0.25) is 0 Å². The molecule has 0 spiro atoms. The average molecular weight is 242 g/mol. The number of likely N-dealkylation sites (tertiary alicyclic amines) is 1. The van der Waals surface area contributed by atoms with E-state index in [9.17, 15) is 0 Å². The monoisotopic (exact) mass is 242 g/mol. The Morgan fingerprint density at radius 1 is 1.19 bits per heavy atom. The topological polar surface area (TPSA) is 15.3 Å². The van der Waals surface area contributed by atoms with Crippen LogP contribution in [0.2, 0.25) is 0 Å². The van der Waals surface area contributed by atoms with Gasteiger partial charge in [-0.1, -0.05) is 13.3 Å². The van der Waals surface area contributed by atoms with E-state index < -0.39 is 0 Å². The first kappa shape index (κ1) is 12.7. The van der Waals surface area contributed by atoms with Crippen molar-refractivity contribution in [2.45, 2.75) is 56.4 Å². The SMILES string of the molecule is CCSC1CCCC1N1CCC(NC)CC1. The van der Waals surface area contributed by atoms with Crippen molar-refractivity contribution >= 4 is 11.8 Å². The number of hydrogen-bond acceptors (Lipinski definition) is 3. The minimum Gasteiger partial charge on any atom is -0.317 e. The molecule has 3 heteroatoms. The summed E-state index contributed by atoms with van der Waals surface area (Å²) in [6.45, 7) is 4.93. The Morgan fingerprint density at radius 2 is 1.94 bits per heavy atom. The molecule has 1 aliphatic carbocycles. The highest BCUT2D eigenvalue weighted by atomic mass is 32.2. The number of thioether (sulfide) groups is 1. The third kappa shape index (κ3) is 2.93. The molecule has 2 atom stereocenters. The Morgan fingerprint density at radius 3 is 2.56 bits per heavy atom. The van der Waals surface area contributed by atoms with Crippen LogP contribution in [0.15, 0.2) is 0 Å². The van der Waals surface area contributed by atoms with Gasteiger partial charge in [0.25, 0.3) is 0 Å². The molecule has 2 rings (SSSR count). The van der Waals surface area contributed by atoms with Gasteiger partial charge in [0.05, 0.1) is 0 Å². The van der Waals surface area contributed by atoms with Crippen molar-refractivity contribution in [1.29, 1.82) is 0 Å². The Hall–Kier alpha value is 0.270. The van der Waals surface area contributed by atoms with E-state index in [-0.39, 0.29) is 0 Å². The standard InChI is InChI=1S/C13H26N2S/c1-3-16-13-6-4-5-12(13)15-9-7-11(14-2)8-10-15/h11-14H,3-10H2,1-2H3. The van der Waals surface area contributed by atoms with E-state index in [0.717, 1.165) is 17.3 Å². The van der Waals surface area contributed by atoms with Gasteiger partial charge >= 0.3 is 0 Å². The first-order chi connectivity index (χ1) is 7.85. The van der Waals surface area contributed by atoms with E-state index >= 15 is 0 Å². The van der Waals surface area contributed by atoms with Crippen LogP contribution in [0.25, 0.3) is 0 Å². The van der Waals surface area contributed by atoms with Gasteiger partial charge in [0.15, 0.2) is 0 Å². The van der Waals surface area contributed by atoms with Crippen LogP contribution < -0.4 is 5.32 Å².